The lowest BCUT2D eigenvalue weighted by atomic mass is 9.99. The highest BCUT2D eigenvalue weighted by molar-refractivity contribution is 5.93. The van der Waals surface area contributed by atoms with Gasteiger partial charge in [0.05, 0.1) is 16.8 Å². The molecule has 0 N–H and O–H groups in total. The van der Waals surface area contributed by atoms with Crippen LogP contribution < -0.4 is 4.90 Å². The minimum Gasteiger partial charge on any atom is -0.455 e. The van der Waals surface area contributed by atoms with E-state index in [-0.39, 0.29) is 17.9 Å². The molecule has 2 aliphatic rings. The molecule has 0 radical (unpaired) electrons. The molecular weight excluding hydrogens is 404 g/mol. The zero-order chi connectivity index (χ0) is 21.5. The highest BCUT2D eigenvalue weighted by Gasteiger charge is 2.28. The van der Waals surface area contributed by atoms with Gasteiger partial charge in [0.15, 0.2) is 0 Å². The van der Waals surface area contributed by atoms with Crippen LogP contribution in [0, 0.1) is 11.3 Å². The van der Waals surface area contributed by atoms with Gasteiger partial charge in [0, 0.05) is 48.7 Å². The topological polar surface area (TPSA) is 92.0 Å². The van der Waals surface area contributed by atoms with Crippen molar-refractivity contribution in [3.63, 3.8) is 0 Å². The van der Waals surface area contributed by atoms with E-state index in [9.17, 15) is 18.8 Å². The smallest absolute Gasteiger partial charge is 0.340 e. The van der Waals surface area contributed by atoms with Crippen LogP contribution in [0.4, 0.5) is 14.6 Å². The van der Waals surface area contributed by atoms with Crippen molar-refractivity contribution in [2.45, 2.75) is 26.0 Å². The lowest BCUT2D eigenvalue weighted by Gasteiger charge is -2.30. The molecular formula is C22H15F2N5O2. The summed E-state index contributed by atoms with van der Waals surface area (Å²) in [5, 5.41) is 9.58. The van der Waals surface area contributed by atoms with Crippen molar-refractivity contribution in [3.05, 3.63) is 70.4 Å². The number of pyridine rings is 3. The molecule has 154 valence electrons. The van der Waals surface area contributed by atoms with Crippen LogP contribution in [-0.4, -0.2) is 27.5 Å². The predicted octanol–water partition coefficient (Wildman–Crippen LogP) is 3.58. The Morgan fingerprint density at radius 2 is 2.06 bits per heavy atom. The fourth-order valence-corrected chi connectivity index (χ4v) is 3.95. The van der Waals surface area contributed by atoms with Crippen molar-refractivity contribution in [3.8, 4) is 17.2 Å². The van der Waals surface area contributed by atoms with Gasteiger partial charge in [0.2, 0.25) is 0 Å². The number of halogens is 2. The summed E-state index contributed by atoms with van der Waals surface area (Å²) in [6.45, 7) is 1.08. The third kappa shape index (κ3) is 3.26. The van der Waals surface area contributed by atoms with Crippen LogP contribution in [0.2, 0.25) is 0 Å². The van der Waals surface area contributed by atoms with Gasteiger partial charge in [-0.2, -0.15) is 5.26 Å². The van der Waals surface area contributed by atoms with Gasteiger partial charge in [0.25, 0.3) is 6.43 Å². The highest BCUT2D eigenvalue weighted by Crippen LogP contribution is 2.33. The van der Waals surface area contributed by atoms with E-state index in [1.807, 2.05) is 11.0 Å². The van der Waals surface area contributed by atoms with Crippen LogP contribution in [0.15, 0.2) is 36.7 Å². The van der Waals surface area contributed by atoms with Gasteiger partial charge in [-0.25, -0.2) is 18.6 Å². The third-order valence-electron chi connectivity index (χ3n) is 5.46. The molecule has 0 aromatic carbocycles. The van der Waals surface area contributed by atoms with Crippen molar-refractivity contribution in [2.75, 3.05) is 11.4 Å². The Labute approximate surface area is 176 Å². The van der Waals surface area contributed by atoms with Crippen molar-refractivity contribution in [1.82, 2.24) is 15.0 Å². The van der Waals surface area contributed by atoms with E-state index in [1.165, 1.54) is 12.3 Å². The van der Waals surface area contributed by atoms with Gasteiger partial charge in [-0.05, 0) is 23.8 Å². The summed E-state index contributed by atoms with van der Waals surface area (Å²) >= 11 is 0. The number of rotatable bonds is 3. The summed E-state index contributed by atoms with van der Waals surface area (Å²) in [6, 6.07) is 8.68. The summed E-state index contributed by atoms with van der Waals surface area (Å²) in [4.78, 5) is 26.5. The Bertz CT molecular complexity index is 1260. The molecule has 3 aromatic heterocycles. The summed E-state index contributed by atoms with van der Waals surface area (Å²) < 4.78 is 31.8. The van der Waals surface area contributed by atoms with Gasteiger partial charge in [0.1, 0.15) is 24.2 Å². The first-order valence-corrected chi connectivity index (χ1v) is 9.62. The molecule has 0 bridgehead atoms. The number of carbonyl (C=O) groups excluding carboxylic acids is 1. The van der Waals surface area contributed by atoms with Gasteiger partial charge in [-0.15, -0.1) is 0 Å². The maximum absolute atomic E-state index is 13.4. The molecule has 5 rings (SSSR count). The molecule has 0 fully saturated rings. The van der Waals surface area contributed by atoms with Crippen LogP contribution in [0.5, 0.6) is 0 Å². The second-order valence-corrected chi connectivity index (χ2v) is 7.28. The largest absolute Gasteiger partial charge is 0.455 e. The summed E-state index contributed by atoms with van der Waals surface area (Å²) in [5.41, 5.74) is 3.48. The molecule has 31 heavy (non-hydrogen) atoms. The van der Waals surface area contributed by atoms with E-state index in [0.29, 0.717) is 47.7 Å². The number of esters is 1. The molecule has 0 amide bonds. The van der Waals surface area contributed by atoms with E-state index in [4.69, 9.17) is 4.74 Å². The molecule has 0 atom stereocenters. The number of hydrogen-bond acceptors (Lipinski definition) is 7. The fourth-order valence-electron chi connectivity index (χ4n) is 3.95. The first kappa shape index (κ1) is 19.1. The molecule has 0 saturated carbocycles. The van der Waals surface area contributed by atoms with Gasteiger partial charge < -0.3 is 9.64 Å². The molecule has 3 aromatic rings. The Balaban J connectivity index is 1.51. The van der Waals surface area contributed by atoms with E-state index in [0.717, 1.165) is 11.3 Å². The maximum Gasteiger partial charge on any atom is 0.340 e. The summed E-state index contributed by atoms with van der Waals surface area (Å²) in [5.74, 6) is -0.0000586. The quantitative estimate of drug-likeness (QED) is 0.599. The monoisotopic (exact) mass is 419 g/mol. The lowest BCUT2D eigenvalue weighted by Crippen LogP contribution is -2.32. The first-order chi connectivity index (χ1) is 15.0. The van der Waals surface area contributed by atoms with Crippen LogP contribution >= 0.6 is 0 Å². The van der Waals surface area contributed by atoms with Gasteiger partial charge >= 0.3 is 5.97 Å². The minimum atomic E-state index is -2.69. The summed E-state index contributed by atoms with van der Waals surface area (Å²) in [6.07, 6.45) is 0.858. The number of fused-ring (bicyclic) bond motifs is 2. The summed E-state index contributed by atoms with van der Waals surface area (Å²) in [7, 11) is 0. The van der Waals surface area contributed by atoms with E-state index in [2.05, 4.69) is 21.0 Å². The Morgan fingerprint density at radius 3 is 2.87 bits per heavy atom. The van der Waals surface area contributed by atoms with Crippen molar-refractivity contribution in [2.24, 2.45) is 0 Å². The third-order valence-corrected chi connectivity index (χ3v) is 5.46. The number of nitrogens with zero attached hydrogens (tertiary/aromatic N) is 5. The van der Waals surface area contributed by atoms with Crippen LogP contribution in [-0.2, 0) is 24.3 Å². The Kier molecular flexibility index (Phi) is 4.55. The molecule has 0 aliphatic carbocycles. The van der Waals surface area contributed by atoms with Gasteiger partial charge in [-0.3, -0.25) is 9.97 Å². The molecule has 5 heterocycles. The SMILES string of the molecule is N#Cc1cc2c(nc1N1CCc3ncc(-c4cccnc4C(F)F)cc3C1)COC2=O. The van der Waals surface area contributed by atoms with Gasteiger partial charge in [-0.1, -0.05) is 6.07 Å². The van der Waals surface area contributed by atoms with Crippen molar-refractivity contribution >= 4 is 11.8 Å². The second-order valence-electron chi connectivity index (χ2n) is 7.28. The lowest BCUT2D eigenvalue weighted by molar-refractivity contribution is 0.0533. The molecule has 0 saturated heterocycles. The minimum absolute atomic E-state index is 0.0837. The van der Waals surface area contributed by atoms with Crippen molar-refractivity contribution in [1.29, 1.82) is 5.26 Å². The number of hydrogen-bond donors (Lipinski definition) is 0. The zero-order valence-corrected chi connectivity index (χ0v) is 16.2. The number of carbonyl (C=O) groups is 1. The molecule has 0 spiro atoms. The highest BCUT2D eigenvalue weighted by atomic mass is 19.3. The van der Waals surface area contributed by atoms with Crippen LogP contribution in [0.3, 0.4) is 0 Å². The number of cyclic esters (lactones) is 1. The second kappa shape index (κ2) is 7.40. The first-order valence-electron chi connectivity index (χ1n) is 9.62. The van der Waals surface area contributed by atoms with E-state index < -0.39 is 12.4 Å². The normalized spacial score (nSPS) is 14.8. The average molecular weight is 419 g/mol. The van der Waals surface area contributed by atoms with E-state index >= 15 is 0 Å². The number of nitriles is 1. The Morgan fingerprint density at radius 1 is 1.19 bits per heavy atom. The van der Waals surface area contributed by atoms with Crippen LogP contribution in [0.25, 0.3) is 11.1 Å². The number of anilines is 1. The fraction of sp³-hybridized carbons (Fsp3) is 0.227. The molecule has 9 heteroatoms. The van der Waals surface area contributed by atoms with E-state index in [1.54, 1.807) is 18.3 Å². The molecule has 2 aliphatic heterocycles. The standard InChI is InChI=1S/C22H15F2N5O2/c23-20(24)19-15(2-1-4-26-19)13-6-14-10-29(5-3-17(14)27-9-13)21-12(8-25)7-16-18(28-21)11-31-22(16)30/h1-2,4,6-7,9,20H,3,5,10-11H2. The maximum atomic E-state index is 13.4. The van der Waals surface area contributed by atoms with Crippen LogP contribution in [0.1, 0.15) is 45.0 Å². The number of alkyl halides is 2. The van der Waals surface area contributed by atoms with Crippen molar-refractivity contribution < 1.29 is 18.3 Å². The molecule has 0 unspecified atom stereocenters. The number of aromatic nitrogens is 3. The average Bonchev–Trinajstić information content (AvgIpc) is 3.17. The predicted molar refractivity (Wildman–Crippen MR) is 105 cm³/mol. The Hall–Kier alpha value is -3.93. The zero-order valence-electron chi connectivity index (χ0n) is 16.2. The molecule has 7 nitrogen and oxygen atoms in total. The number of ether oxygens (including phenoxy) is 1.